The maximum atomic E-state index is 11.1. The van der Waals surface area contributed by atoms with E-state index in [4.69, 9.17) is 0 Å². The monoisotopic (exact) mass is 155 g/mol. The number of amides is 1. The third-order valence-electron chi connectivity index (χ3n) is 1.10. The third-order valence-corrected chi connectivity index (χ3v) is 1.10. The number of hydrogen-bond acceptors (Lipinski definition) is 1. The second-order valence-electron chi connectivity index (χ2n) is 3.80. The zero-order valence-electron chi connectivity index (χ0n) is 7.77. The van der Waals surface area contributed by atoms with Crippen LogP contribution in [0.3, 0.4) is 0 Å². The van der Waals surface area contributed by atoms with Crippen molar-refractivity contribution in [3.63, 3.8) is 0 Å². The average molecular weight is 155 g/mol. The Morgan fingerprint density at radius 3 is 2.36 bits per heavy atom. The van der Waals surface area contributed by atoms with E-state index in [0.717, 1.165) is 0 Å². The van der Waals surface area contributed by atoms with E-state index in [9.17, 15) is 4.79 Å². The summed E-state index contributed by atoms with van der Waals surface area (Å²) in [5.41, 5.74) is 0.0751. The first-order chi connectivity index (χ1) is 4.95. The van der Waals surface area contributed by atoms with Gasteiger partial charge in [0.25, 0.3) is 0 Å². The Hall–Kier alpha value is -0.790. The molecule has 1 amide bonds. The summed E-state index contributed by atoms with van der Waals surface area (Å²) in [6.45, 7) is 8.00. The van der Waals surface area contributed by atoms with Gasteiger partial charge in [-0.25, -0.2) is 0 Å². The van der Waals surface area contributed by atoms with Crippen LogP contribution in [0.25, 0.3) is 0 Å². The topological polar surface area (TPSA) is 29.1 Å². The van der Waals surface area contributed by atoms with Crippen molar-refractivity contribution in [2.75, 3.05) is 0 Å². The number of carbonyl (C=O) groups excluding carboxylic acids is 1. The first kappa shape index (κ1) is 10.2. The van der Waals surface area contributed by atoms with Crippen molar-refractivity contribution in [3.8, 4) is 0 Å². The number of hydrogen-bond donors (Lipinski definition) is 1. The Labute approximate surface area is 68.7 Å². The second-order valence-corrected chi connectivity index (χ2v) is 3.80. The van der Waals surface area contributed by atoms with Crippen LogP contribution in [-0.4, -0.2) is 5.91 Å². The molecular formula is C9H17NO. The molecule has 0 rings (SSSR count). The van der Waals surface area contributed by atoms with Gasteiger partial charge in [-0.1, -0.05) is 26.8 Å². The van der Waals surface area contributed by atoms with Gasteiger partial charge in [0.2, 0.25) is 5.91 Å². The summed E-state index contributed by atoms with van der Waals surface area (Å²) in [5.74, 6) is 0.0793. The number of rotatable bonds is 2. The molecule has 0 aliphatic heterocycles. The van der Waals surface area contributed by atoms with Crippen LogP contribution in [0.1, 0.15) is 34.1 Å². The zero-order valence-corrected chi connectivity index (χ0v) is 7.77. The molecular weight excluding hydrogens is 138 g/mol. The van der Waals surface area contributed by atoms with Crippen molar-refractivity contribution in [2.24, 2.45) is 5.41 Å². The maximum absolute atomic E-state index is 11.1. The Balaban J connectivity index is 3.70. The summed E-state index contributed by atoms with van der Waals surface area (Å²) >= 11 is 0. The molecule has 0 fully saturated rings. The lowest BCUT2D eigenvalue weighted by Crippen LogP contribution is -2.23. The van der Waals surface area contributed by atoms with Crippen molar-refractivity contribution < 1.29 is 4.79 Å². The molecule has 2 heteroatoms. The summed E-state index contributed by atoms with van der Waals surface area (Å²) in [4.78, 5) is 11.1. The lowest BCUT2D eigenvalue weighted by molar-refractivity contribution is -0.121. The van der Waals surface area contributed by atoms with Crippen LogP contribution >= 0.6 is 0 Å². The molecule has 0 unspecified atom stereocenters. The van der Waals surface area contributed by atoms with Crippen LogP contribution in [0.4, 0.5) is 0 Å². The van der Waals surface area contributed by atoms with Crippen LogP contribution in [-0.2, 0) is 4.79 Å². The highest BCUT2D eigenvalue weighted by Crippen LogP contribution is 2.17. The fraction of sp³-hybridized carbons (Fsp3) is 0.667. The number of carbonyl (C=O) groups is 1. The summed E-state index contributed by atoms with van der Waals surface area (Å²) < 4.78 is 0. The molecule has 0 bridgehead atoms. The normalized spacial score (nSPS) is 12.0. The van der Waals surface area contributed by atoms with E-state index in [0.29, 0.717) is 6.42 Å². The molecule has 0 aliphatic carbocycles. The van der Waals surface area contributed by atoms with Gasteiger partial charge in [-0.05, 0) is 18.5 Å². The van der Waals surface area contributed by atoms with Crippen molar-refractivity contribution in [1.29, 1.82) is 0 Å². The van der Waals surface area contributed by atoms with Gasteiger partial charge in [-0.3, -0.25) is 4.79 Å². The van der Waals surface area contributed by atoms with Gasteiger partial charge in [-0.15, -0.1) is 0 Å². The number of allylic oxidation sites excluding steroid dienone is 1. The summed E-state index contributed by atoms with van der Waals surface area (Å²) in [6.07, 6.45) is 4.03. The van der Waals surface area contributed by atoms with E-state index in [-0.39, 0.29) is 11.3 Å². The fourth-order valence-electron chi connectivity index (χ4n) is 0.709. The molecule has 64 valence electrons. The Bertz CT molecular complexity index is 153. The lowest BCUT2D eigenvalue weighted by Gasteiger charge is -2.15. The van der Waals surface area contributed by atoms with Gasteiger partial charge < -0.3 is 5.32 Å². The van der Waals surface area contributed by atoms with Crippen LogP contribution < -0.4 is 5.32 Å². The molecule has 11 heavy (non-hydrogen) atoms. The van der Waals surface area contributed by atoms with Gasteiger partial charge in [0.15, 0.2) is 0 Å². The minimum atomic E-state index is 0.0751. The predicted octanol–water partition coefficient (Wildman–Crippen LogP) is 2.07. The van der Waals surface area contributed by atoms with Gasteiger partial charge in [0.1, 0.15) is 0 Å². The quantitative estimate of drug-likeness (QED) is 0.650. The molecule has 0 aromatic rings. The summed E-state index contributed by atoms with van der Waals surface area (Å²) in [5, 5.41) is 2.67. The first-order valence-electron chi connectivity index (χ1n) is 3.86. The fourth-order valence-corrected chi connectivity index (χ4v) is 0.709. The Kier molecular flexibility index (Phi) is 3.86. The van der Waals surface area contributed by atoms with E-state index in [1.54, 1.807) is 12.3 Å². The third kappa shape index (κ3) is 7.10. The molecule has 0 saturated heterocycles. The standard InChI is InChI=1S/C9H17NO/c1-5-6-10-8(11)7-9(2,3)4/h5-6H,7H2,1-4H3,(H,10,11)/b6-5+. The highest BCUT2D eigenvalue weighted by Gasteiger charge is 2.14. The molecule has 0 aromatic carbocycles. The zero-order chi connectivity index (χ0) is 8.91. The van der Waals surface area contributed by atoms with Crippen LogP contribution in [0.2, 0.25) is 0 Å². The van der Waals surface area contributed by atoms with Crippen LogP contribution in [0.5, 0.6) is 0 Å². The highest BCUT2D eigenvalue weighted by atomic mass is 16.1. The van der Waals surface area contributed by atoms with Gasteiger partial charge >= 0.3 is 0 Å². The maximum Gasteiger partial charge on any atom is 0.224 e. The van der Waals surface area contributed by atoms with E-state index in [2.05, 4.69) is 5.32 Å². The predicted molar refractivity (Wildman–Crippen MR) is 47.0 cm³/mol. The smallest absolute Gasteiger partial charge is 0.224 e. The number of nitrogens with one attached hydrogen (secondary N) is 1. The minimum absolute atomic E-state index is 0.0751. The van der Waals surface area contributed by atoms with E-state index >= 15 is 0 Å². The average Bonchev–Trinajstić information content (AvgIpc) is 1.79. The molecule has 0 radical (unpaired) electrons. The summed E-state index contributed by atoms with van der Waals surface area (Å²) in [7, 11) is 0. The molecule has 0 saturated carbocycles. The van der Waals surface area contributed by atoms with E-state index in [1.165, 1.54) is 0 Å². The van der Waals surface area contributed by atoms with Crippen LogP contribution in [0.15, 0.2) is 12.3 Å². The molecule has 1 N–H and O–H groups in total. The molecule has 0 aromatic heterocycles. The van der Waals surface area contributed by atoms with E-state index < -0.39 is 0 Å². The highest BCUT2D eigenvalue weighted by molar-refractivity contribution is 5.77. The van der Waals surface area contributed by atoms with Gasteiger partial charge in [-0.2, -0.15) is 0 Å². The lowest BCUT2D eigenvalue weighted by atomic mass is 9.92. The SMILES string of the molecule is C/C=C/NC(=O)CC(C)(C)C. The molecule has 0 heterocycles. The molecule has 2 nitrogen and oxygen atoms in total. The van der Waals surface area contributed by atoms with Crippen molar-refractivity contribution in [2.45, 2.75) is 34.1 Å². The molecule has 0 spiro atoms. The largest absolute Gasteiger partial charge is 0.333 e. The van der Waals surface area contributed by atoms with Crippen molar-refractivity contribution >= 4 is 5.91 Å². The van der Waals surface area contributed by atoms with Gasteiger partial charge in [0.05, 0.1) is 0 Å². The second kappa shape index (κ2) is 4.16. The molecule has 0 aliphatic rings. The Morgan fingerprint density at radius 1 is 1.45 bits per heavy atom. The van der Waals surface area contributed by atoms with E-state index in [1.807, 2.05) is 27.7 Å². The first-order valence-corrected chi connectivity index (χ1v) is 3.86. The van der Waals surface area contributed by atoms with Crippen molar-refractivity contribution in [3.05, 3.63) is 12.3 Å². The summed E-state index contributed by atoms with van der Waals surface area (Å²) in [6, 6.07) is 0. The Morgan fingerprint density at radius 2 is 2.00 bits per heavy atom. The molecule has 0 atom stereocenters. The van der Waals surface area contributed by atoms with Crippen molar-refractivity contribution in [1.82, 2.24) is 5.32 Å². The minimum Gasteiger partial charge on any atom is -0.333 e. The van der Waals surface area contributed by atoms with Crippen LogP contribution in [0, 0.1) is 5.41 Å². The van der Waals surface area contributed by atoms with Gasteiger partial charge in [0, 0.05) is 6.42 Å².